The number of unbranched alkanes of at least 4 members (excludes halogenated alkanes) is 49. The number of allylic oxidation sites excluding steroid dienone is 10. The van der Waals surface area contributed by atoms with Gasteiger partial charge in [0, 0.05) is 12.8 Å². The van der Waals surface area contributed by atoms with Crippen molar-refractivity contribution in [1.29, 1.82) is 0 Å². The SMILES string of the molecule is CC/C=C\C/C=C\C/C=C\C/C=C\C/C=C\CCCCCCCCCCCCCCCCCCCC(=O)OC(COC(=O)CCCCCCCCCCCCCCCCCCCCCCCCCCCCCCCCCCC)COC(OCC[N+](C)(C)C)C(=O)O. The number of quaternary nitrogens is 1. The minimum absolute atomic E-state index is 0.177. The summed E-state index contributed by atoms with van der Waals surface area (Å²) < 4.78 is 23.1. The van der Waals surface area contributed by atoms with E-state index in [1.165, 1.54) is 289 Å². The van der Waals surface area contributed by atoms with Crippen molar-refractivity contribution >= 4 is 17.9 Å². The Morgan fingerprint density at radius 2 is 0.626 bits per heavy atom. The summed E-state index contributed by atoms with van der Waals surface area (Å²) in [5.74, 6) is -1.98. The Morgan fingerprint density at radius 3 is 0.934 bits per heavy atom. The molecule has 0 radical (unpaired) electrons. The Bertz CT molecular complexity index is 1680. The van der Waals surface area contributed by atoms with Crippen LogP contribution in [-0.4, -0.2) is 87.4 Å². The third-order valence-corrected chi connectivity index (χ3v) is 17.8. The first kappa shape index (κ1) is 88.0. The van der Waals surface area contributed by atoms with E-state index in [2.05, 4.69) is 74.6 Å². The van der Waals surface area contributed by atoms with Gasteiger partial charge in [-0.25, -0.2) is 4.79 Å². The van der Waals surface area contributed by atoms with E-state index in [0.717, 1.165) is 70.6 Å². The fourth-order valence-corrected chi connectivity index (χ4v) is 11.8. The molecule has 0 bridgehead atoms. The lowest BCUT2D eigenvalue weighted by molar-refractivity contribution is -0.870. The van der Waals surface area contributed by atoms with Crippen molar-refractivity contribution < 1.29 is 42.9 Å². The Balaban J connectivity index is 3.99. The van der Waals surface area contributed by atoms with Crippen LogP contribution in [0.3, 0.4) is 0 Å². The second-order valence-corrected chi connectivity index (χ2v) is 28.0. The van der Waals surface area contributed by atoms with E-state index >= 15 is 0 Å². The molecular weight excluding hydrogens is 1130 g/mol. The van der Waals surface area contributed by atoms with Crippen LogP contribution in [-0.2, 0) is 33.3 Å². The number of ether oxygens (including phenoxy) is 4. The molecule has 0 fully saturated rings. The first-order valence-corrected chi connectivity index (χ1v) is 39.5. The van der Waals surface area contributed by atoms with Crippen LogP contribution in [0.25, 0.3) is 0 Å². The Labute approximate surface area is 565 Å². The minimum atomic E-state index is -1.51. The largest absolute Gasteiger partial charge is 0.477 e. The zero-order valence-electron chi connectivity index (χ0n) is 61.0. The molecular formula is C82H152NO8+. The van der Waals surface area contributed by atoms with Gasteiger partial charge in [0.15, 0.2) is 6.10 Å². The number of carbonyl (C=O) groups excluding carboxylic acids is 2. The van der Waals surface area contributed by atoms with Gasteiger partial charge in [0.1, 0.15) is 13.2 Å². The Kier molecular flexibility index (Phi) is 70.4. The maximum atomic E-state index is 13.0. The molecule has 0 aliphatic rings. The molecule has 0 aromatic rings. The summed E-state index contributed by atoms with van der Waals surface area (Å²) in [5.41, 5.74) is 0. The van der Waals surface area contributed by atoms with E-state index in [4.69, 9.17) is 18.9 Å². The smallest absolute Gasteiger partial charge is 0.361 e. The van der Waals surface area contributed by atoms with Gasteiger partial charge in [-0.1, -0.05) is 376 Å². The monoisotopic (exact) mass is 1280 g/mol. The van der Waals surface area contributed by atoms with Crippen LogP contribution in [0.4, 0.5) is 0 Å². The molecule has 91 heavy (non-hydrogen) atoms. The lowest BCUT2D eigenvalue weighted by atomic mass is 10.0. The van der Waals surface area contributed by atoms with Gasteiger partial charge in [-0.2, -0.15) is 0 Å². The summed E-state index contributed by atoms with van der Waals surface area (Å²) in [6.07, 6.45) is 93.8. The molecule has 0 saturated heterocycles. The van der Waals surface area contributed by atoms with E-state index in [9.17, 15) is 19.5 Å². The van der Waals surface area contributed by atoms with Gasteiger partial charge < -0.3 is 28.5 Å². The highest BCUT2D eigenvalue weighted by atomic mass is 16.7. The number of aliphatic carboxylic acids is 1. The molecule has 9 heteroatoms. The van der Waals surface area contributed by atoms with Gasteiger partial charge in [0.05, 0.1) is 34.4 Å². The number of rotatable bonds is 74. The van der Waals surface area contributed by atoms with E-state index < -0.39 is 18.4 Å². The lowest BCUT2D eigenvalue weighted by Crippen LogP contribution is -2.40. The van der Waals surface area contributed by atoms with Crippen molar-refractivity contribution in [1.82, 2.24) is 0 Å². The third-order valence-electron chi connectivity index (χ3n) is 17.8. The normalized spacial score (nSPS) is 12.9. The van der Waals surface area contributed by atoms with Crippen LogP contribution in [0.1, 0.15) is 386 Å². The highest BCUT2D eigenvalue weighted by Crippen LogP contribution is 2.20. The molecule has 0 saturated carbocycles. The number of carboxylic acids is 1. The molecule has 0 aromatic carbocycles. The molecule has 2 atom stereocenters. The molecule has 2 unspecified atom stereocenters. The number of nitrogens with zero attached hydrogens (tertiary/aromatic N) is 1. The van der Waals surface area contributed by atoms with Gasteiger partial charge in [-0.15, -0.1) is 0 Å². The quantitative estimate of drug-likeness (QED) is 0.0211. The topological polar surface area (TPSA) is 108 Å². The number of carboxylic acid groups (broad SMARTS) is 1. The molecule has 0 amide bonds. The van der Waals surface area contributed by atoms with Crippen LogP contribution in [0.15, 0.2) is 60.8 Å². The van der Waals surface area contributed by atoms with Crippen molar-refractivity contribution in [3.63, 3.8) is 0 Å². The summed E-state index contributed by atoms with van der Waals surface area (Å²) in [4.78, 5) is 37.7. The van der Waals surface area contributed by atoms with Gasteiger partial charge >= 0.3 is 17.9 Å². The highest BCUT2D eigenvalue weighted by Gasteiger charge is 2.25. The first-order valence-electron chi connectivity index (χ1n) is 39.5. The number of hydrogen-bond donors (Lipinski definition) is 1. The Hall–Kier alpha value is -3.01. The van der Waals surface area contributed by atoms with Crippen molar-refractivity contribution in [2.75, 3.05) is 47.5 Å². The molecule has 9 nitrogen and oxygen atoms in total. The fourth-order valence-electron chi connectivity index (χ4n) is 11.8. The average molecular weight is 1280 g/mol. The van der Waals surface area contributed by atoms with Crippen molar-refractivity contribution in [3.05, 3.63) is 60.8 Å². The molecule has 1 N–H and O–H groups in total. The average Bonchev–Trinajstić information content (AvgIpc) is 3.46. The highest BCUT2D eigenvalue weighted by molar-refractivity contribution is 5.71. The first-order chi connectivity index (χ1) is 44.6. The van der Waals surface area contributed by atoms with Crippen LogP contribution >= 0.6 is 0 Å². The fraction of sp³-hybridized carbons (Fsp3) is 0.841. The van der Waals surface area contributed by atoms with Crippen molar-refractivity contribution in [2.45, 2.75) is 399 Å². The summed E-state index contributed by atoms with van der Waals surface area (Å²) in [7, 11) is 5.99. The minimum Gasteiger partial charge on any atom is -0.477 e. The van der Waals surface area contributed by atoms with E-state index in [0.29, 0.717) is 17.4 Å². The molecule has 532 valence electrons. The van der Waals surface area contributed by atoms with Crippen molar-refractivity contribution in [3.8, 4) is 0 Å². The standard InChI is InChI=1S/C82H151NO8/c1-6-8-10-12-14-16-18-20-22-24-26-28-30-32-34-36-38-40-42-44-46-48-50-52-54-56-58-60-62-64-66-68-70-72-79(84)89-76-78(77-90-82(81(86)87)88-75-74-83(3,4)5)91-80(85)73-71-69-67-65-63-61-59-57-55-53-51-49-47-45-43-41-39-37-35-33-31-29-27-25-23-21-19-17-15-13-11-9-7-2/h9,11,15,17,21,23,27,29,33,35,78,82H,6-8,10,12-14,16,18-20,22,24-26,28,30-32,34,36-77H2,1-5H3/p+1/b11-9-,17-15-,23-21-,29-27-,35-33-. The summed E-state index contributed by atoms with van der Waals surface area (Å²) >= 11 is 0. The van der Waals surface area contributed by atoms with Crippen LogP contribution in [0.2, 0.25) is 0 Å². The molecule has 0 heterocycles. The number of hydrogen-bond acceptors (Lipinski definition) is 7. The lowest BCUT2D eigenvalue weighted by Gasteiger charge is -2.25. The van der Waals surface area contributed by atoms with Gasteiger partial charge in [-0.3, -0.25) is 9.59 Å². The molecule has 0 aliphatic heterocycles. The number of likely N-dealkylation sites (N-methyl/N-ethyl adjacent to an activating group) is 1. The van der Waals surface area contributed by atoms with E-state index in [1.807, 2.05) is 21.1 Å². The number of esters is 2. The van der Waals surface area contributed by atoms with Crippen LogP contribution < -0.4 is 0 Å². The number of carbonyl (C=O) groups is 3. The predicted molar refractivity (Wildman–Crippen MR) is 392 cm³/mol. The van der Waals surface area contributed by atoms with E-state index in [1.54, 1.807) is 0 Å². The molecule has 0 spiro atoms. The van der Waals surface area contributed by atoms with Crippen LogP contribution in [0.5, 0.6) is 0 Å². The van der Waals surface area contributed by atoms with Crippen LogP contribution in [0, 0.1) is 0 Å². The van der Waals surface area contributed by atoms with E-state index in [-0.39, 0.29) is 38.2 Å². The molecule has 0 aromatic heterocycles. The third kappa shape index (κ3) is 74.3. The zero-order valence-corrected chi connectivity index (χ0v) is 61.0. The van der Waals surface area contributed by atoms with Gasteiger partial charge in [0.25, 0.3) is 6.29 Å². The summed E-state index contributed by atoms with van der Waals surface area (Å²) in [6, 6.07) is 0. The molecule has 0 aliphatic carbocycles. The van der Waals surface area contributed by atoms with Gasteiger partial charge in [-0.05, 0) is 57.8 Å². The van der Waals surface area contributed by atoms with Crippen molar-refractivity contribution in [2.24, 2.45) is 0 Å². The van der Waals surface area contributed by atoms with Gasteiger partial charge in [0.2, 0.25) is 0 Å². The summed E-state index contributed by atoms with van der Waals surface area (Å²) in [5, 5.41) is 9.77. The molecule has 0 rings (SSSR count). The predicted octanol–water partition coefficient (Wildman–Crippen LogP) is 25.0. The Morgan fingerprint density at radius 1 is 0.341 bits per heavy atom. The maximum absolute atomic E-state index is 13.0. The second-order valence-electron chi connectivity index (χ2n) is 28.0. The second kappa shape index (κ2) is 72.8. The summed E-state index contributed by atoms with van der Waals surface area (Å²) in [6.45, 7) is 4.84. The zero-order chi connectivity index (χ0) is 66.1. The maximum Gasteiger partial charge on any atom is 0.361 e.